The Bertz CT molecular complexity index is 1630. The van der Waals surface area contributed by atoms with E-state index in [2.05, 4.69) is 4.98 Å². The van der Waals surface area contributed by atoms with Crippen LogP contribution in [0.4, 0.5) is 0 Å². The van der Waals surface area contributed by atoms with E-state index >= 15 is 0 Å². The number of hydrogen-bond donors (Lipinski definition) is 0. The number of carbonyl (C=O) groups is 1. The molecule has 0 unspecified atom stereocenters. The maximum absolute atomic E-state index is 13.7. The quantitative estimate of drug-likeness (QED) is 0.234. The molecule has 0 bridgehead atoms. The molecule has 1 aliphatic rings. The van der Waals surface area contributed by atoms with Gasteiger partial charge in [0.15, 0.2) is 22.9 Å². The van der Waals surface area contributed by atoms with E-state index in [0.29, 0.717) is 34.9 Å². The van der Waals surface area contributed by atoms with Crippen molar-refractivity contribution >= 4 is 27.0 Å². The topological polar surface area (TPSA) is 110 Å². The molecular formula is C30H33N3O6S. The molecule has 2 heterocycles. The van der Waals surface area contributed by atoms with E-state index < -0.39 is 10.0 Å². The van der Waals surface area contributed by atoms with Gasteiger partial charge < -0.3 is 14.2 Å². The van der Waals surface area contributed by atoms with Crippen molar-refractivity contribution in [3.8, 4) is 28.5 Å². The Morgan fingerprint density at radius 1 is 0.975 bits per heavy atom. The summed E-state index contributed by atoms with van der Waals surface area (Å²) in [6.45, 7) is 1.89. The molecule has 9 nitrogen and oxygen atoms in total. The van der Waals surface area contributed by atoms with Crippen molar-refractivity contribution in [3.63, 3.8) is 0 Å². The van der Waals surface area contributed by atoms with Gasteiger partial charge in [0.2, 0.25) is 5.75 Å². The maximum atomic E-state index is 13.7. The summed E-state index contributed by atoms with van der Waals surface area (Å²) in [5.41, 5.74) is 2.58. The SMILES string of the molecule is COc1cc(-c2cnc3c(n2)c(C(=O)CC2CCCCC2)cn3S(=O)(=O)c2ccc(C)cc2)cc(OC)c1OC. The Labute approximate surface area is 234 Å². The molecule has 5 rings (SSSR count). The molecule has 4 aromatic rings. The van der Waals surface area contributed by atoms with Gasteiger partial charge in [0.25, 0.3) is 10.0 Å². The number of ether oxygens (including phenoxy) is 3. The summed E-state index contributed by atoms with van der Waals surface area (Å²) in [6, 6.07) is 10.1. The smallest absolute Gasteiger partial charge is 0.269 e. The lowest BCUT2D eigenvalue weighted by Crippen LogP contribution is -2.13. The van der Waals surface area contributed by atoms with Crippen LogP contribution in [-0.4, -0.2) is 49.5 Å². The molecule has 2 aromatic carbocycles. The minimum atomic E-state index is -4.03. The second kappa shape index (κ2) is 11.3. The number of fused-ring (bicyclic) bond motifs is 1. The third kappa shape index (κ3) is 5.15. The van der Waals surface area contributed by atoms with E-state index in [1.54, 1.807) is 36.4 Å². The van der Waals surface area contributed by atoms with E-state index in [1.165, 1.54) is 40.1 Å². The van der Waals surface area contributed by atoms with Crippen LogP contribution >= 0.6 is 0 Å². The molecule has 40 heavy (non-hydrogen) atoms. The van der Waals surface area contributed by atoms with Crippen LogP contribution < -0.4 is 14.2 Å². The molecule has 10 heteroatoms. The summed E-state index contributed by atoms with van der Waals surface area (Å²) in [4.78, 5) is 23.1. The van der Waals surface area contributed by atoms with Gasteiger partial charge in [0.05, 0.1) is 43.7 Å². The van der Waals surface area contributed by atoms with Gasteiger partial charge in [-0.2, -0.15) is 0 Å². The highest BCUT2D eigenvalue weighted by Gasteiger charge is 2.28. The number of aromatic nitrogens is 3. The van der Waals surface area contributed by atoms with E-state index in [4.69, 9.17) is 19.2 Å². The lowest BCUT2D eigenvalue weighted by atomic mass is 9.85. The van der Waals surface area contributed by atoms with Crippen LogP contribution in [0.15, 0.2) is 53.7 Å². The number of hydrogen-bond acceptors (Lipinski definition) is 8. The standard InChI is InChI=1S/C30H33N3O6S/c1-19-10-12-22(13-11-19)40(35,36)33-18-23(25(34)14-20-8-6-5-7-9-20)28-30(33)31-17-24(32-28)21-15-26(37-2)29(39-4)27(16-21)38-3/h10-13,15-18,20H,5-9,14H2,1-4H3. The fraction of sp³-hybridized carbons (Fsp3) is 0.367. The van der Waals surface area contributed by atoms with Crippen LogP contribution in [0.1, 0.15) is 54.4 Å². The molecule has 1 fully saturated rings. The normalized spacial score (nSPS) is 14.3. The van der Waals surface area contributed by atoms with E-state index in [9.17, 15) is 13.2 Å². The van der Waals surface area contributed by atoms with Crippen LogP contribution in [0.3, 0.4) is 0 Å². The lowest BCUT2D eigenvalue weighted by Gasteiger charge is -2.20. The molecule has 0 saturated heterocycles. The predicted octanol–water partition coefficient (Wildman–Crippen LogP) is 5.82. The minimum Gasteiger partial charge on any atom is -0.493 e. The highest BCUT2D eigenvalue weighted by Crippen LogP contribution is 2.41. The van der Waals surface area contributed by atoms with Gasteiger partial charge in [0, 0.05) is 18.2 Å². The molecule has 1 aliphatic carbocycles. The molecule has 0 N–H and O–H groups in total. The van der Waals surface area contributed by atoms with Crippen molar-refractivity contribution in [2.24, 2.45) is 5.92 Å². The zero-order chi connectivity index (χ0) is 28.4. The van der Waals surface area contributed by atoms with Crippen LogP contribution in [0, 0.1) is 12.8 Å². The van der Waals surface area contributed by atoms with Crippen LogP contribution in [0.5, 0.6) is 17.2 Å². The second-order valence-corrected chi connectivity index (χ2v) is 11.9. The summed E-state index contributed by atoms with van der Waals surface area (Å²) >= 11 is 0. The first-order chi connectivity index (χ1) is 19.3. The number of rotatable bonds is 9. The Hall–Kier alpha value is -3.92. The number of carbonyl (C=O) groups excluding carboxylic acids is 1. The average Bonchev–Trinajstić information content (AvgIpc) is 3.37. The van der Waals surface area contributed by atoms with Gasteiger partial charge in [-0.3, -0.25) is 4.79 Å². The number of ketones is 1. The van der Waals surface area contributed by atoms with E-state index in [0.717, 1.165) is 35.2 Å². The monoisotopic (exact) mass is 563 g/mol. The van der Waals surface area contributed by atoms with Crippen molar-refractivity contribution < 1.29 is 27.4 Å². The van der Waals surface area contributed by atoms with E-state index in [1.807, 2.05) is 6.92 Å². The maximum Gasteiger partial charge on any atom is 0.269 e. The van der Waals surface area contributed by atoms with Crippen LogP contribution in [0.25, 0.3) is 22.4 Å². The zero-order valence-corrected chi connectivity index (χ0v) is 24.0. The van der Waals surface area contributed by atoms with Gasteiger partial charge in [-0.25, -0.2) is 22.4 Å². The Morgan fingerprint density at radius 3 is 2.23 bits per heavy atom. The van der Waals surface area contributed by atoms with Crippen molar-refractivity contribution in [1.82, 2.24) is 13.9 Å². The molecule has 0 spiro atoms. The molecule has 0 radical (unpaired) electrons. The number of methoxy groups -OCH3 is 3. The Kier molecular flexibility index (Phi) is 7.80. The van der Waals surface area contributed by atoms with Crippen molar-refractivity contribution in [1.29, 1.82) is 0 Å². The largest absolute Gasteiger partial charge is 0.493 e. The molecule has 0 atom stereocenters. The Morgan fingerprint density at radius 2 is 1.62 bits per heavy atom. The van der Waals surface area contributed by atoms with Crippen molar-refractivity contribution in [2.75, 3.05) is 21.3 Å². The molecular weight excluding hydrogens is 530 g/mol. The molecule has 0 amide bonds. The molecule has 2 aromatic heterocycles. The highest BCUT2D eigenvalue weighted by molar-refractivity contribution is 7.90. The molecule has 210 valence electrons. The summed E-state index contributed by atoms with van der Waals surface area (Å²) < 4.78 is 44.9. The minimum absolute atomic E-state index is 0.101. The fourth-order valence-corrected chi connectivity index (χ4v) is 6.62. The molecule has 0 aliphatic heterocycles. The van der Waals surface area contributed by atoms with Gasteiger partial charge in [-0.1, -0.05) is 49.8 Å². The zero-order valence-electron chi connectivity index (χ0n) is 23.1. The summed E-state index contributed by atoms with van der Waals surface area (Å²) in [6.07, 6.45) is 8.59. The van der Waals surface area contributed by atoms with Gasteiger partial charge in [-0.05, 0) is 37.1 Å². The number of nitrogens with zero attached hydrogens (tertiary/aromatic N) is 3. The third-order valence-corrected chi connectivity index (χ3v) is 9.17. The van der Waals surface area contributed by atoms with Crippen molar-refractivity contribution in [2.45, 2.75) is 50.3 Å². The number of aryl methyl sites for hydroxylation is 1. The van der Waals surface area contributed by atoms with Gasteiger partial charge in [0.1, 0.15) is 5.52 Å². The van der Waals surface area contributed by atoms with Gasteiger partial charge in [-0.15, -0.1) is 0 Å². The second-order valence-electron chi connectivity index (χ2n) is 10.1. The summed E-state index contributed by atoms with van der Waals surface area (Å²) in [5, 5.41) is 0. The lowest BCUT2D eigenvalue weighted by molar-refractivity contribution is 0.0951. The van der Waals surface area contributed by atoms with Crippen molar-refractivity contribution in [3.05, 3.63) is 59.9 Å². The Balaban J connectivity index is 1.67. The fourth-order valence-electron chi connectivity index (χ4n) is 5.31. The third-order valence-electron chi connectivity index (χ3n) is 7.50. The summed E-state index contributed by atoms with van der Waals surface area (Å²) in [5.74, 6) is 1.45. The van der Waals surface area contributed by atoms with Crippen LogP contribution in [0.2, 0.25) is 0 Å². The van der Waals surface area contributed by atoms with Gasteiger partial charge >= 0.3 is 0 Å². The predicted molar refractivity (Wildman–Crippen MR) is 152 cm³/mol. The summed E-state index contributed by atoms with van der Waals surface area (Å²) in [7, 11) is 0.534. The number of Topliss-reactive ketones (excluding diaryl/α,β-unsaturated/α-hetero) is 1. The first kappa shape index (κ1) is 27.6. The first-order valence-corrected chi connectivity index (χ1v) is 14.7. The average molecular weight is 564 g/mol. The number of benzene rings is 2. The molecule has 1 saturated carbocycles. The highest BCUT2D eigenvalue weighted by atomic mass is 32.2. The van der Waals surface area contributed by atoms with E-state index in [-0.39, 0.29) is 33.3 Å². The van der Waals surface area contributed by atoms with Crippen LogP contribution in [-0.2, 0) is 10.0 Å². The first-order valence-electron chi connectivity index (χ1n) is 13.3.